The molecule has 228 valence electrons. The monoisotopic (exact) mass is 604 g/mol. The Bertz CT molecular complexity index is 1540. The zero-order valence-electron chi connectivity index (χ0n) is 23.4. The first-order valence-corrected chi connectivity index (χ1v) is 13.5. The smallest absolute Gasteiger partial charge is 0.361 e. The van der Waals surface area contributed by atoms with E-state index in [1.165, 1.54) is 21.9 Å². The first-order chi connectivity index (χ1) is 20.2. The minimum Gasteiger partial charge on any atom is -0.361 e. The number of halogens is 6. The van der Waals surface area contributed by atoms with E-state index in [2.05, 4.69) is 10.3 Å². The van der Waals surface area contributed by atoms with E-state index < -0.39 is 41.5 Å². The maximum Gasteiger partial charge on any atom is 0.416 e. The van der Waals surface area contributed by atoms with E-state index in [0.717, 1.165) is 52.9 Å². The van der Waals surface area contributed by atoms with Crippen LogP contribution in [-0.4, -0.2) is 45.9 Å². The summed E-state index contributed by atoms with van der Waals surface area (Å²) in [4.78, 5) is 32.6. The van der Waals surface area contributed by atoms with Gasteiger partial charge in [0.1, 0.15) is 6.54 Å². The SMILES string of the molecule is CC(C)N(CC(=O)N(CCc1c[nH]c2ccccc12)Cc1ccc(C(F)(F)F)cc1)C(=O)Nc1ccc(C(F)(F)F)cc1. The van der Waals surface area contributed by atoms with Crippen molar-refractivity contribution in [2.45, 2.75) is 45.2 Å². The summed E-state index contributed by atoms with van der Waals surface area (Å²) in [5.74, 6) is -0.448. The number of alkyl halides is 6. The van der Waals surface area contributed by atoms with Crippen molar-refractivity contribution in [2.24, 2.45) is 0 Å². The molecule has 0 saturated heterocycles. The lowest BCUT2D eigenvalue weighted by Crippen LogP contribution is -2.47. The Hall–Kier alpha value is -4.48. The number of nitrogens with one attached hydrogen (secondary N) is 2. The number of rotatable bonds is 9. The zero-order chi connectivity index (χ0) is 31.4. The molecule has 4 rings (SSSR count). The molecule has 0 aliphatic carbocycles. The number of fused-ring (bicyclic) bond motifs is 1. The molecule has 2 N–H and O–H groups in total. The third-order valence-corrected chi connectivity index (χ3v) is 6.99. The molecule has 0 radical (unpaired) electrons. The number of aromatic nitrogens is 1. The molecular formula is C31H30F6N4O2. The van der Waals surface area contributed by atoms with Crippen molar-refractivity contribution in [1.82, 2.24) is 14.8 Å². The molecule has 0 unspecified atom stereocenters. The highest BCUT2D eigenvalue weighted by atomic mass is 19.4. The van der Waals surface area contributed by atoms with Crippen LogP contribution in [0.2, 0.25) is 0 Å². The number of carbonyl (C=O) groups is 2. The van der Waals surface area contributed by atoms with Crippen LogP contribution in [0.3, 0.4) is 0 Å². The lowest BCUT2D eigenvalue weighted by Gasteiger charge is -2.30. The van der Waals surface area contributed by atoms with Crippen LogP contribution in [0.25, 0.3) is 10.9 Å². The molecule has 0 aliphatic rings. The molecular weight excluding hydrogens is 574 g/mol. The van der Waals surface area contributed by atoms with Crippen molar-refractivity contribution >= 4 is 28.5 Å². The molecule has 0 fully saturated rings. The molecule has 43 heavy (non-hydrogen) atoms. The second kappa shape index (κ2) is 12.8. The van der Waals surface area contributed by atoms with Gasteiger partial charge >= 0.3 is 18.4 Å². The van der Waals surface area contributed by atoms with E-state index >= 15 is 0 Å². The second-order valence-electron chi connectivity index (χ2n) is 10.3. The molecule has 12 heteroatoms. The highest BCUT2D eigenvalue weighted by Gasteiger charge is 2.31. The second-order valence-corrected chi connectivity index (χ2v) is 10.3. The van der Waals surface area contributed by atoms with Gasteiger partial charge in [-0.3, -0.25) is 4.79 Å². The number of carbonyl (C=O) groups excluding carboxylic acids is 2. The summed E-state index contributed by atoms with van der Waals surface area (Å²) in [6, 6.07) is 15.0. The normalized spacial score (nSPS) is 12.0. The molecule has 0 atom stereocenters. The number of H-pyrrole nitrogens is 1. The summed E-state index contributed by atoms with van der Waals surface area (Å²) < 4.78 is 77.9. The lowest BCUT2D eigenvalue weighted by atomic mass is 10.1. The fraction of sp³-hybridized carbons (Fsp3) is 0.290. The van der Waals surface area contributed by atoms with Crippen molar-refractivity contribution in [3.05, 3.63) is 101 Å². The summed E-state index contributed by atoms with van der Waals surface area (Å²) >= 11 is 0. The minimum absolute atomic E-state index is 0.00574. The van der Waals surface area contributed by atoms with Crippen molar-refractivity contribution in [2.75, 3.05) is 18.4 Å². The molecule has 0 aliphatic heterocycles. The summed E-state index contributed by atoms with van der Waals surface area (Å²) in [7, 11) is 0. The van der Waals surface area contributed by atoms with E-state index in [9.17, 15) is 35.9 Å². The van der Waals surface area contributed by atoms with E-state index in [1.54, 1.807) is 13.8 Å². The molecule has 6 nitrogen and oxygen atoms in total. The van der Waals surface area contributed by atoms with Gasteiger partial charge in [-0.05, 0) is 73.9 Å². The van der Waals surface area contributed by atoms with Gasteiger partial charge in [0.25, 0.3) is 0 Å². The number of aromatic amines is 1. The van der Waals surface area contributed by atoms with Crippen LogP contribution >= 0.6 is 0 Å². The first kappa shape index (κ1) is 31.5. The van der Waals surface area contributed by atoms with Gasteiger partial charge in [0.15, 0.2) is 0 Å². The van der Waals surface area contributed by atoms with E-state index in [4.69, 9.17) is 0 Å². The zero-order valence-corrected chi connectivity index (χ0v) is 23.4. The fourth-order valence-corrected chi connectivity index (χ4v) is 4.58. The lowest BCUT2D eigenvalue weighted by molar-refractivity contribution is -0.138. The quantitative estimate of drug-likeness (QED) is 0.192. The number of nitrogens with zero attached hydrogens (tertiary/aromatic N) is 2. The van der Waals surface area contributed by atoms with Gasteiger partial charge in [-0.2, -0.15) is 26.3 Å². The first-order valence-electron chi connectivity index (χ1n) is 13.5. The molecule has 0 bridgehead atoms. The average Bonchev–Trinajstić information content (AvgIpc) is 3.36. The maximum absolute atomic E-state index is 13.6. The van der Waals surface area contributed by atoms with Crippen LogP contribution in [0, 0.1) is 0 Å². The van der Waals surface area contributed by atoms with Crippen LogP contribution in [0.4, 0.5) is 36.8 Å². The molecule has 0 saturated carbocycles. The summed E-state index contributed by atoms with van der Waals surface area (Å²) in [5.41, 5.74) is 0.794. The summed E-state index contributed by atoms with van der Waals surface area (Å²) in [6.45, 7) is 3.23. The standard InChI is InChI=1S/C31H30F6N4O2/c1-20(2)41(29(43)39-25-13-11-24(12-14-25)31(35,36)37)19-28(42)40(18-21-7-9-23(10-8-21)30(32,33)34)16-15-22-17-38-27-6-4-3-5-26(22)27/h3-14,17,20,38H,15-16,18-19H2,1-2H3,(H,39,43). The van der Waals surface area contributed by atoms with Crippen molar-refractivity contribution < 1.29 is 35.9 Å². The Kier molecular flexibility index (Phi) is 9.37. The highest BCUT2D eigenvalue weighted by Crippen LogP contribution is 2.30. The van der Waals surface area contributed by atoms with Crippen molar-refractivity contribution in [3.63, 3.8) is 0 Å². The van der Waals surface area contributed by atoms with E-state index in [1.807, 2.05) is 30.5 Å². The Morgan fingerprint density at radius 2 is 1.42 bits per heavy atom. The number of urea groups is 1. The van der Waals surface area contributed by atoms with Gasteiger partial charge in [0, 0.05) is 41.9 Å². The van der Waals surface area contributed by atoms with E-state index in [0.29, 0.717) is 12.0 Å². The van der Waals surface area contributed by atoms with Gasteiger partial charge in [0.05, 0.1) is 11.1 Å². The third-order valence-electron chi connectivity index (χ3n) is 6.99. The van der Waals surface area contributed by atoms with Crippen LogP contribution in [0.5, 0.6) is 0 Å². The van der Waals surface area contributed by atoms with Gasteiger partial charge < -0.3 is 20.1 Å². The largest absolute Gasteiger partial charge is 0.416 e. The molecule has 3 amide bonds. The van der Waals surface area contributed by atoms with Crippen LogP contribution in [-0.2, 0) is 30.1 Å². The summed E-state index contributed by atoms with van der Waals surface area (Å²) in [5, 5.41) is 3.51. The Balaban J connectivity index is 1.51. The van der Waals surface area contributed by atoms with Crippen LogP contribution in [0.15, 0.2) is 79.0 Å². The molecule has 4 aromatic rings. The number of amides is 3. The number of hydrogen-bond acceptors (Lipinski definition) is 2. The van der Waals surface area contributed by atoms with Crippen LogP contribution in [0.1, 0.15) is 36.1 Å². The Labute approximate surface area is 244 Å². The Morgan fingerprint density at radius 3 is 2.00 bits per heavy atom. The van der Waals surface area contributed by atoms with E-state index in [-0.39, 0.29) is 25.3 Å². The number of hydrogen-bond donors (Lipinski definition) is 2. The van der Waals surface area contributed by atoms with Gasteiger partial charge in [-0.1, -0.05) is 30.3 Å². The number of benzene rings is 3. The average molecular weight is 605 g/mol. The topological polar surface area (TPSA) is 68.4 Å². The predicted octanol–water partition coefficient (Wildman–Crippen LogP) is 7.72. The van der Waals surface area contributed by atoms with Gasteiger partial charge in [-0.15, -0.1) is 0 Å². The van der Waals surface area contributed by atoms with Crippen molar-refractivity contribution in [3.8, 4) is 0 Å². The highest BCUT2D eigenvalue weighted by molar-refractivity contribution is 5.92. The molecule has 1 heterocycles. The third kappa shape index (κ3) is 8.08. The van der Waals surface area contributed by atoms with Crippen molar-refractivity contribution in [1.29, 1.82) is 0 Å². The minimum atomic E-state index is -4.53. The molecule has 1 aromatic heterocycles. The molecule has 3 aromatic carbocycles. The fourth-order valence-electron chi connectivity index (χ4n) is 4.58. The molecule has 0 spiro atoms. The Morgan fingerprint density at radius 1 is 0.837 bits per heavy atom. The number of para-hydroxylation sites is 1. The van der Waals surface area contributed by atoms with Crippen LogP contribution < -0.4 is 5.32 Å². The van der Waals surface area contributed by atoms with Gasteiger partial charge in [0.2, 0.25) is 5.91 Å². The van der Waals surface area contributed by atoms with Gasteiger partial charge in [-0.25, -0.2) is 4.79 Å². The maximum atomic E-state index is 13.6. The number of anilines is 1. The predicted molar refractivity (Wildman–Crippen MR) is 151 cm³/mol. The summed E-state index contributed by atoms with van der Waals surface area (Å²) in [6.07, 6.45) is -6.75.